The molecule has 0 saturated heterocycles. The molecule has 0 radical (unpaired) electrons. The number of hydrogen-bond donors (Lipinski definition) is 0. The first kappa shape index (κ1) is 17.3. The van der Waals surface area contributed by atoms with Gasteiger partial charge < -0.3 is 8.92 Å². The molecule has 0 spiro atoms. The van der Waals surface area contributed by atoms with Crippen LogP contribution in [0.5, 0.6) is 11.5 Å². The van der Waals surface area contributed by atoms with Crippen molar-refractivity contribution in [2.45, 2.75) is 38.0 Å². The third-order valence-corrected chi connectivity index (χ3v) is 4.78. The molecule has 0 aliphatic carbocycles. The molecule has 0 heterocycles. The summed E-state index contributed by atoms with van der Waals surface area (Å²) in [4.78, 5) is 0.0277. The summed E-state index contributed by atoms with van der Waals surface area (Å²) in [5.74, 6) is 0.545. The highest BCUT2D eigenvalue weighted by Crippen LogP contribution is 2.29. The van der Waals surface area contributed by atoms with Crippen LogP contribution in [0.4, 0.5) is 0 Å². The van der Waals surface area contributed by atoms with Gasteiger partial charge in [-0.2, -0.15) is 8.42 Å². The fourth-order valence-corrected chi connectivity index (χ4v) is 3.34. The third kappa shape index (κ3) is 4.05. The van der Waals surface area contributed by atoms with Crippen LogP contribution in [0.15, 0.2) is 47.4 Å². The topological polar surface area (TPSA) is 52.6 Å². The van der Waals surface area contributed by atoms with E-state index in [1.54, 1.807) is 24.3 Å². The van der Waals surface area contributed by atoms with Crippen molar-refractivity contribution in [1.82, 2.24) is 0 Å². The average Bonchev–Trinajstić information content (AvgIpc) is 2.46. The number of hydrogen-bond acceptors (Lipinski definition) is 4. The lowest BCUT2D eigenvalue weighted by atomic mass is 9.87. The van der Waals surface area contributed by atoms with E-state index in [-0.39, 0.29) is 21.8 Å². The maximum Gasteiger partial charge on any atom is 0.342 e. The molecule has 4 nitrogen and oxygen atoms in total. The van der Waals surface area contributed by atoms with Gasteiger partial charge in [-0.05, 0) is 47.7 Å². The van der Waals surface area contributed by atoms with E-state index < -0.39 is 10.1 Å². The first-order chi connectivity index (χ1) is 10.6. The fraction of sp³-hybridized carbons (Fsp3) is 0.333. The first-order valence-corrected chi connectivity index (χ1v) is 8.74. The zero-order valence-electron chi connectivity index (χ0n) is 14.1. The molecular weight excluding hydrogens is 312 g/mol. The van der Waals surface area contributed by atoms with Gasteiger partial charge in [0.1, 0.15) is 16.4 Å². The van der Waals surface area contributed by atoms with E-state index in [0.29, 0.717) is 0 Å². The number of rotatable bonds is 4. The molecule has 0 saturated carbocycles. The van der Waals surface area contributed by atoms with Gasteiger partial charge in [0.2, 0.25) is 0 Å². The van der Waals surface area contributed by atoms with E-state index in [1.807, 2.05) is 19.1 Å². The zero-order chi connectivity index (χ0) is 17.3. The van der Waals surface area contributed by atoms with Crippen molar-refractivity contribution in [2.24, 2.45) is 0 Å². The fourth-order valence-electron chi connectivity index (χ4n) is 2.16. The smallest absolute Gasteiger partial charge is 0.342 e. The molecule has 23 heavy (non-hydrogen) atoms. The van der Waals surface area contributed by atoms with Crippen molar-refractivity contribution in [3.8, 4) is 11.5 Å². The summed E-state index contributed by atoms with van der Waals surface area (Å²) >= 11 is 0. The largest absolute Gasteiger partial charge is 0.495 e. The van der Waals surface area contributed by atoms with Crippen molar-refractivity contribution in [2.75, 3.05) is 7.11 Å². The van der Waals surface area contributed by atoms with Crippen LogP contribution < -0.4 is 8.92 Å². The number of methoxy groups -OCH3 is 1. The van der Waals surface area contributed by atoms with Gasteiger partial charge in [-0.1, -0.05) is 39.0 Å². The van der Waals surface area contributed by atoms with Crippen LogP contribution in [-0.2, 0) is 15.5 Å². The van der Waals surface area contributed by atoms with Crippen LogP contribution in [0.1, 0.15) is 31.9 Å². The lowest BCUT2D eigenvalue weighted by Crippen LogP contribution is -2.13. The highest BCUT2D eigenvalue weighted by Gasteiger charge is 2.22. The summed E-state index contributed by atoms with van der Waals surface area (Å²) in [6, 6.07) is 12.0. The standard InChI is InChI=1S/C18H22O4S/c1-13-6-11-16(21-5)17(12-13)23(19,20)22-15-9-7-14(8-10-15)18(2,3)4/h6-12H,1-5H3. The second-order valence-corrected chi connectivity index (χ2v) is 7.98. The molecule has 5 heteroatoms. The summed E-state index contributed by atoms with van der Waals surface area (Å²) in [6.07, 6.45) is 0. The molecular formula is C18H22O4S. The predicted molar refractivity (Wildman–Crippen MR) is 90.7 cm³/mol. The van der Waals surface area contributed by atoms with Crippen LogP contribution in [0.3, 0.4) is 0 Å². The number of aryl methyl sites for hydroxylation is 1. The SMILES string of the molecule is COc1ccc(C)cc1S(=O)(=O)Oc1ccc(C(C)(C)C)cc1. The molecule has 0 aliphatic heterocycles. The summed E-state index contributed by atoms with van der Waals surface area (Å²) in [5.41, 5.74) is 1.92. The molecule has 2 aromatic rings. The van der Waals surface area contributed by atoms with Crippen molar-refractivity contribution < 1.29 is 17.3 Å². The van der Waals surface area contributed by atoms with Crippen LogP contribution in [0.25, 0.3) is 0 Å². The maximum atomic E-state index is 12.5. The Morgan fingerprint density at radius 3 is 2.09 bits per heavy atom. The maximum absolute atomic E-state index is 12.5. The Morgan fingerprint density at radius 1 is 0.957 bits per heavy atom. The molecule has 0 fully saturated rings. The van der Waals surface area contributed by atoms with E-state index in [4.69, 9.17) is 8.92 Å². The molecule has 0 aromatic heterocycles. The number of ether oxygens (including phenoxy) is 1. The van der Waals surface area contributed by atoms with Gasteiger partial charge in [0.05, 0.1) is 7.11 Å². The van der Waals surface area contributed by atoms with Crippen LogP contribution in [-0.4, -0.2) is 15.5 Å². The van der Waals surface area contributed by atoms with Crippen LogP contribution in [0, 0.1) is 6.92 Å². The van der Waals surface area contributed by atoms with E-state index in [9.17, 15) is 8.42 Å². The molecule has 124 valence electrons. The average molecular weight is 334 g/mol. The van der Waals surface area contributed by atoms with Crippen molar-refractivity contribution in [3.63, 3.8) is 0 Å². The van der Waals surface area contributed by atoms with E-state index in [0.717, 1.165) is 11.1 Å². The van der Waals surface area contributed by atoms with E-state index in [2.05, 4.69) is 20.8 Å². The Balaban J connectivity index is 2.34. The van der Waals surface area contributed by atoms with Crippen molar-refractivity contribution in [3.05, 3.63) is 53.6 Å². The monoisotopic (exact) mass is 334 g/mol. The Hall–Kier alpha value is -2.01. The van der Waals surface area contributed by atoms with Gasteiger partial charge in [-0.15, -0.1) is 0 Å². The highest BCUT2D eigenvalue weighted by atomic mass is 32.2. The zero-order valence-corrected chi connectivity index (χ0v) is 14.9. The van der Waals surface area contributed by atoms with Gasteiger partial charge in [-0.25, -0.2) is 0 Å². The van der Waals surface area contributed by atoms with Gasteiger partial charge in [0.15, 0.2) is 0 Å². The van der Waals surface area contributed by atoms with Crippen LogP contribution >= 0.6 is 0 Å². The molecule has 0 atom stereocenters. The Labute approximate surface area is 138 Å². The number of benzene rings is 2. The van der Waals surface area contributed by atoms with Gasteiger partial charge in [0.25, 0.3) is 0 Å². The second-order valence-electron chi connectivity index (χ2n) is 6.47. The van der Waals surface area contributed by atoms with E-state index in [1.165, 1.54) is 13.2 Å². The third-order valence-electron chi connectivity index (χ3n) is 3.51. The normalized spacial score (nSPS) is 12.0. The van der Waals surface area contributed by atoms with Gasteiger partial charge in [-0.3, -0.25) is 0 Å². The molecule has 0 unspecified atom stereocenters. The Bertz CT molecular complexity index is 785. The molecule has 0 amide bonds. The molecule has 0 aliphatic rings. The summed E-state index contributed by atoms with van der Waals surface area (Å²) in [6.45, 7) is 8.10. The minimum Gasteiger partial charge on any atom is -0.495 e. The van der Waals surface area contributed by atoms with Crippen molar-refractivity contribution >= 4 is 10.1 Å². The lowest BCUT2D eigenvalue weighted by molar-refractivity contribution is 0.398. The molecule has 2 rings (SSSR count). The van der Waals surface area contributed by atoms with Gasteiger partial charge >= 0.3 is 10.1 Å². The Kier molecular flexibility index (Phi) is 4.71. The quantitative estimate of drug-likeness (QED) is 0.791. The van der Waals surface area contributed by atoms with Crippen LogP contribution in [0.2, 0.25) is 0 Å². The Morgan fingerprint density at radius 2 is 1.57 bits per heavy atom. The molecule has 0 bridgehead atoms. The minimum atomic E-state index is -3.95. The molecule has 0 N–H and O–H groups in total. The second kappa shape index (κ2) is 6.24. The minimum absolute atomic E-state index is 0.00281. The van der Waals surface area contributed by atoms with Gasteiger partial charge in [0, 0.05) is 0 Å². The van der Waals surface area contributed by atoms with Crippen molar-refractivity contribution in [1.29, 1.82) is 0 Å². The summed E-state index contributed by atoms with van der Waals surface area (Å²) < 4.78 is 35.4. The first-order valence-electron chi connectivity index (χ1n) is 7.33. The summed E-state index contributed by atoms with van der Waals surface area (Å²) in [7, 11) is -2.52. The summed E-state index contributed by atoms with van der Waals surface area (Å²) in [5, 5.41) is 0. The highest BCUT2D eigenvalue weighted by molar-refractivity contribution is 7.87. The van der Waals surface area contributed by atoms with E-state index >= 15 is 0 Å². The lowest BCUT2D eigenvalue weighted by Gasteiger charge is -2.19. The molecule has 2 aromatic carbocycles. The predicted octanol–water partition coefficient (Wildman–Crippen LogP) is 4.07.